The van der Waals surface area contributed by atoms with Crippen LogP contribution in [0, 0.1) is 11.2 Å². The Hall–Kier alpha value is -1.18. The molecular formula is C12H17FN2O3S. The molecule has 106 valence electrons. The minimum absolute atomic E-state index is 0.0800. The quantitative estimate of drug-likeness (QED) is 0.719. The predicted octanol–water partition coefficient (Wildman–Crippen LogP) is 0.846. The molecule has 0 aliphatic heterocycles. The smallest absolute Gasteiger partial charge is 0.240 e. The maximum absolute atomic E-state index is 13.0. The molecule has 2 rings (SSSR count). The highest BCUT2D eigenvalue weighted by atomic mass is 32.2. The summed E-state index contributed by atoms with van der Waals surface area (Å²) in [6.45, 7) is 3.57. The zero-order chi connectivity index (χ0) is 14.4. The molecule has 1 aromatic rings. The second-order valence-corrected chi connectivity index (χ2v) is 7.14. The number of anilines is 1. The van der Waals surface area contributed by atoms with E-state index in [2.05, 4.69) is 4.72 Å². The van der Waals surface area contributed by atoms with E-state index in [1.807, 2.05) is 0 Å². The minimum Gasteiger partial charge on any atom is -0.396 e. The summed E-state index contributed by atoms with van der Waals surface area (Å²) in [6, 6.07) is 2.92. The molecule has 0 radical (unpaired) electrons. The number of nitrogens with one attached hydrogen (secondary N) is 1. The molecule has 1 aliphatic rings. The summed E-state index contributed by atoms with van der Waals surface area (Å²) in [7, 11) is -3.76. The highest BCUT2D eigenvalue weighted by Gasteiger charge is 2.48. The van der Waals surface area contributed by atoms with Crippen molar-refractivity contribution in [3.05, 3.63) is 24.0 Å². The topological polar surface area (TPSA) is 92.4 Å². The number of nitrogens with two attached hydrogens (primary N) is 1. The van der Waals surface area contributed by atoms with E-state index in [1.54, 1.807) is 13.8 Å². The first-order valence-corrected chi connectivity index (χ1v) is 7.38. The molecule has 1 aromatic carbocycles. The number of sulfonamides is 1. The van der Waals surface area contributed by atoms with Crippen LogP contribution < -0.4 is 10.5 Å². The molecule has 1 saturated carbocycles. The first kappa shape index (κ1) is 14.2. The van der Waals surface area contributed by atoms with E-state index in [1.165, 1.54) is 0 Å². The third-order valence-corrected chi connectivity index (χ3v) is 5.26. The Kier molecular flexibility index (Phi) is 3.32. The van der Waals surface area contributed by atoms with Crippen LogP contribution in [0.25, 0.3) is 0 Å². The maximum Gasteiger partial charge on any atom is 0.240 e. The zero-order valence-electron chi connectivity index (χ0n) is 10.7. The average molecular weight is 288 g/mol. The standard InChI is InChI=1S/C12H17FN2O3S/c1-12(2)10(6-11(12)16)15-19(17,18)7-3-4-8(13)9(14)5-7/h3-5,10-11,15-16H,6,14H2,1-2H3. The van der Waals surface area contributed by atoms with E-state index < -0.39 is 27.4 Å². The van der Waals surface area contributed by atoms with Crippen molar-refractivity contribution in [3.63, 3.8) is 0 Å². The summed E-state index contributed by atoms with van der Waals surface area (Å²) in [4.78, 5) is -0.0800. The van der Waals surface area contributed by atoms with Crippen molar-refractivity contribution in [1.29, 1.82) is 0 Å². The maximum atomic E-state index is 13.0. The lowest BCUT2D eigenvalue weighted by atomic mass is 9.65. The van der Waals surface area contributed by atoms with Crippen molar-refractivity contribution in [3.8, 4) is 0 Å². The Morgan fingerprint density at radius 2 is 2.11 bits per heavy atom. The molecular weight excluding hydrogens is 271 g/mol. The fourth-order valence-electron chi connectivity index (χ4n) is 2.05. The van der Waals surface area contributed by atoms with E-state index in [-0.39, 0.29) is 16.6 Å². The van der Waals surface area contributed by atoms with E-state index in [4.69, 9.17) is 5.73 Å². The monoisotopic (exact) mass is 288 g/mol. The molecule has 2 atom stereocenters. The molecule has 7 heteroatoms. The molecule has 1 aliphatic carbocycles. The van der Waals surface area contributed by atoms with Gasteiger partial charge in [0.1, 0.15) is 5.82 Å². The molecule has 2 unspecified atom stereocenters. The Balaban J connectivity index is 2.22. The molecule has 1 fully saturated rings. The van der Waals surface area contributed by atoms with Crippen LogP contribution in [-0.2, 0) is 10.0 Å². The lowest BCUT2D eigenvalue weighted by Gasteiger charge is -2.49. The number of aliphatic hydroxyl groups is 1. The summed E-state index contributed by atoms with van der Waals surface area (Å²) in [5, 5.41) is 9.59. The van der Waals surface area contributed by atoms with Crippen molar-refractivity contribution < 1.29 is 17.9 Å². The van der Waals surface area contributed by atoms with Gasteiger partial charge in [-0.3, -0.25) is 0 Å². The third kappa shape index (κ3) is 2.45. The van der Waals surface area contributed by atoms with E-state index >= 15 is 0 Å². The normalized spacial score (nSPS) is 25.9. The van der Waals surface area contributed by atoms with Crippen LogP contribution >= 0.6 is 0 Å². The van der Waals surface area contributed by atoms with Crippen molar-refractivity contribution in [2.24, 2.45) is 5.41 Å². The Labute approximate surface area is 111 Å². The number of hydrogen-bond acceptors (Lipinski definition) is 4. The third-order valence-electron chi connectivity index (χ3n) is 3.79. The molecule has 0 amide bonds. The van der Waals surface area contributed by atoms with Gasteiger partial charge >= 0.3 is 0 Å². The van der Waals surface area contributed by atoms with Crippen LogP contribution in [0.3, 0.4) is 0 Å². The largest absolute Gasteiger partial charge is 0.396 e. The van der Waals surface area contributed by atoms with Crippen LogP contribution in [0.2, 0.25) is 0 Å². The fourth-order valence-corrected chi connectivity index (χ4v) is 3.49. The van der Waals surface area contributed by atoms with Gasteiger partial charge in [0.2, 0.25) is 10.0 Å². The number of rotatable bonds is 3. The Bertz CT molecular complexity index is 601. The van der Waals surface area contributed by atoms with Gasteiger partial charge in [-0.15, -0.1) is 0 Å². The molecule has 0 bridgehead atoms. The van der Waals surface area contributed by atoms with Crippen LogP contribution in [0.4, 0.5) is 10.1 Å². The van der Waals surface area contributed by atoms with Crippen molar-refractivity contribution >= 4 is 15.7 Å². The SMILES string of the molecule is CC1(C)C(O)CC1NS(=O)(=O)c1ccc(F)c(N)c1. The van der Waals surface area contributed by atoms with Crippen LogP contribution in [0.15, 0.2) is 23.1 Å². The fraction of sp³-hybridized carbons (Fsp3) is 0.500. The lowest BCUT2D eigenvalue weighted by molar-refractivity contribution is -0.0645. The first-order valence-electron chi connectivity index (χ1n) is 5.90. The van der Waals surface area contributed by atoms with Crippen LogP contribution in [0.1, 0.15) is 20.3 Å². The highest BCUT2D eigenvalue weighted by Crippen LogP contribution is 2.41. The Morgan fingerprint density at radius 3 is 2.58 bits per heavy atom. The van der Waals surface area contributed by atoms with Crippen LogP contribution in [0.5, 0.6) is 0 Å². The minimum atomic E-state index is -3.76. The van der Waals surface area contributed by atoms with Gasteiger partial charge in [0.15, 0.2) is 0 Å². The van der Waals surface area contributed by atoms with Gasteiger partial charge in [-0.05, 0) is 24.6 Å². The first-order chi connectivity index (χ1) is 8.64. The van der Waals surface area contributed by atoms with Crippen molar-refractivity contribution in [1.82, 2.24) is 4.72 Å². The summed E-state index contributed by atoms with van der Waals surface area (Å²) >= 11 is 0. The van der Waals surface area contributed by atoms with Gasteiger partial charge in [0, 0.05) is 11.5 Å². The number of hydrogen-bond donors (Lipinski definition) is 3. The molecule has 0 aromatic heterocycles. The Morgan fingerprint density at radius 1 is 1.47 bits per heavy atom. The summed E-state index contributed by atoms with van der Waals surface area (Å²) in [6.07, 6.45) is -0.165. The molecule has 19 heavy (non-hydrogen) atoms. The van der Waals surface area contributed by atoms with Gasteiger partial charge in [-0.2, -0.15) is 0 Å². The van der Waals surface area contributed by atoms with Crippen molar-refractivity contribution in [2.45, 2.75) is 37.3 Å². The van der Waals surface area contributed by atoms with Gasteiger partial charge in [-0.1, -0.05) is 13.8 Å². The van der Waals surface area contributed by atoms with Crippen molar-refractivity contribution in [2.75, 3.05) is 5.73 Å². The molecule has 0 heterocycles. The average Bonchev–Trinajstić information content (AvgIpc) is 2.32. The number of nitrogen functional groups attached to an aromatic ring is 1. The summed E-state index contributed by atoms with van der Waals surface area (Å²) < 4.78 is 39.8. The second-order valence-electron chi connectivity index (χ2n) is 5.43. The molecule has 0 saturated heterocycles. The van der Waals surface area contributed by atoms with Crippen LogP contribution in [-0.4, -0.2) is 25.7 Å². The second kappa shape index (κ2) is 4.43. The van der Waals surface area contributed by atoms with E-state index in [9.17, 15) is 17.9 Å². The van der Waals surface area contributed by atoms with Gasteiger partial charge in [0.05, 0.1) is 16.7 Å². The lowest BCUT2D eigenvalue weighted by Crippen LogP contribution is -2.61. The van der Waals surface area contributed by atoms with Gasteiger partial charge < -0.3 is 10.8 Å². The van der Waals surface area contributed by atoms with E-state index in [0.717, 1.165) is 18.2 Å². The molecule has 0 spiro atoms. The predicted molar refractivity (Wildman–Crippen MR) is 69.3 cm³/mol. The number of aliphatic hydroxyl groups excluding tert-OH is 1. The van der Waals surface area contributed by atoms with Gasteiger partial charge in [-0.25, -0.2) is 17.5 Å². The summed E-state index contributed by atoms with van der Waals surface area (Å²) in [5.41, 5.74) is 4.64. The van der Waals surface area contributed by atoms with E-state index in [0.29, 0.717) is 6.42 Å². The molecule has 5 nitrogen and oxygen atoms in total. The summed E-state index contributed by atoms with van der Waals surface area (Å²) in [5.74, 6) is -0.654. The zero-order valence-corrected chi connectivity index (χ0v) is 11.5. The van der Waals surface area contributed by atoms with Gasteiger partial charge in [0.25, 0.3) is 0 Å². The highest BCUT2D eigenvalue weighted by molar-refractivity contribution is 7.89. The molecule has 4 N–H and O–H groups in total. The number of halogens is 1. The number of benzene rings is 1.